The molecule has 6 nitrogen and oxygen atoms in total. The van der Waals surface area contributed by atoms with Gasteiger partial charge in [0.2, 0.25) is 11.6 Å². The van der Waals surface area contributed by atoms with Gasteiger partial charge in [0, 0.05) is 24.0 Å². The molecule has 1 aromatic carbocycles. The van der Waals surface area contributed by atoms with Crippen LogP contribution in [0.15, 0.2) is 41.5 Å². The highest BCUT2D eigenvalue weighted by atomic mass is 16.6. The van der Waals surface area contributed by atoms with Crippen LogP contribution in [0.3, 0.4) is 0 Å². The van der Waals surface area contributed by atoms with Gasteiger partial charge in [-0.25, -0.2) is 0 Å². The molecule has 0 atom stereocenters. The first-order valence-corrected chi connectivity index (χ1v) is 11.3. The van der Waals surface area contributed by atoms with Gasteiger partial charge in [0.1, 0.15) is 5.75 Å². The Morgan fingerprint density at radius 1 is 0.938 bits per heavy atom. The Morgan fingerprint density at radius 2 is 1.50 bits per heavy atom. The number of Topliss-reactive ketones (excluding diaryl/α,β-unsaturated/α-hetero) is 2. The number of fused-ring (bicyclic) bond motifs is 1. The molecule has 0 heterocycles. The van der Waals surface area contributed by atoms with Crippen LogP contribution in [-0.4, -0.2) is 23.5 Å². The molecule has 0 aromatic heterocycles. The summed E-state index contributed by atoms with van der Waals surface area (Å²) in [6, 6.07) is 5.02. The van der Waals surface area contributed by atoms with Crippen molar-refractivity contribution in [1.82, 2.24) is 0 Å². The van der Waals surface area contributed by atoms with Gasteiger partial charge in [0.05, 0.1) is 5.56 Å². The minimum Gasteiger partial charge on any atom is -0.437 e. The van der Waals surface area contributed by atoms with Crippen LogP contribution < -0.4 is 4.74 Å². The van der Waals surface area contributed by atoms with Crippen molar-refractivity contribution in [2.45, 2.75) is 77.7 Å². The second-order valence-corrected chi connectivity index (χ2v) is 8.51. The fourth-order valence-corrected chi connectivity index (χ4v) is 4.06. The largest absolute Gasteiger partial charge is 0.437 e. The molecule has 1 aromatic rings. The van der Waals surface area contributed by atoms with Gasteiger partial charge in [-0.1, -0.05) is 45.9 Å². The van der Waals surface area contributed by atoms with Crippen LogP contribution >= 0.6 is 0 Å². The number of rotatable bonds is 8. The third-order valence-electron chi connectivity index (χ3n) is 5.73. The zero-order valence-electron chi connectivity index (χ0n) is 19.2. The van der Waals surface area contributed by atoms with Crippen LogP contribution in [0, 0.1) is 0 Å². The van der Waals surface area contributed by atoms with E-state index in [0.29, 0.717) is 25.7 Å². The first-order chi connectivity index (χ1) is 15.3. The molecule has 0 aliphatic heterocycles. The van der Waals surface area contributed by atoms with Crippen molar-refractivity contribution in [1.29, 1.82) is 0 Å². The minimum absolute atomic E-state index is 0.0649. The summed E-state index contributed by atoms with van der Waals surface area (Å²) in [6.45, 7) is 7.64. The molecule has 0 amide bonds. The van der Waals surface area contributed by atoms with Gasteiger partial charge in [0.15, 0.2) is 0 Å². The Balaban J connectivity index is 2.23. The summed E-state index contributed by atoms with van der Waals surface area (Å²) in [5.41, 5.74) is -0.668. The minimum atomic E-state index is -2.18. The van der Waals surface area contributed by atoms with Gasteiger partial charge in [-0.3, -0.25) is 19.2 Å². The predicted octanol–water partition coefficient (Wildman–Crippen LogP) is 4.85. The number of ketones is 2. The number of ether oxygens (including phenoxy) is 2. The number of hydrogen-bond donors (Lipinski definition) is 0. The predicted molar refractivity (Wildman–Crippen MR) is 119 cm³/mol. The van der Waals surface area contributed by atoms with Crippen molar-refractivity contribution >= 4 is 23.5 Å². The maximum atomic E-state index is 13.6. The van der Waals surface area contributed by atoms with Gasteiger partial charge < -0.3 is 9.47 Å². The van der Waals surface area contributed by atoms with Gasteiger partial charge in [0.25, 0.3) is 5.60 Å². The summed E-state index contributed by atoms with van der Waals surface area (Å²) in [6.07, 6.45) is 6.04. The number of carbonyl (C=O) groups is 4. The normalized spacial score (nSPS) is 17.0. The lowest BCUT2D eigenvalue weighted by Crippen LogP contribution is -2.43. The Morgan fingerprint density at radius 3 is 2.03 bits per heavy atom. The lowest BCUT2D eigenvalue weighted by atomic mass is 9.86. The molecule has 6 heteroatoms. The van der Waals surface area contributed by atoms with E-state index in [1.165, 1.54) is 0 Å². The Kier molecular flexibility index (Phi) is 7.12. The van der Waals surface area contributed by atoms with Crippen LogP contribution in [0.1, 0.15) is 83.3 Å². The zero-order valence-corrected chi connectivity index (χ0v) is 19.2. The molecule has 0 radical (unpaired) electrons. The average molecular weight is 439 g/mol. The van der Waals surface area contributed by atoms with E-state index >= 15 is 0 Å². The van der Waals surface area contributed by atoms with Gasteiger partial charge in [-0.15, -0.1) is 0 Å². The number of benzene rings is 1. The fourth-order valence-electron chi connectivity index (χ4n) is 4.06. The lowest BCUT2D eigenvalue weighted by Gasteiger charge is -2.28. The highest BCUT2D eigenvalue weighted by Gasteiger charge is 2.61. The molecule has 170 valence electrons. The van der Waals surface area contributed by atoms with Gasteiger partial charge in [-0.05, 0) is 49.3 Å². The van der Waals surface area contributed by atoms with Gasteiger partial charge >= 0.3 is 11.9 Å². The van der Waals surface area contributed by atoms with Crippen molar-refractivity contribution in [3.63, 3.8) is 0 Å². The number of carbonyl (C=O) groups excluding carboxylic acids is 4. The summed E-state index contributed by atoms with van der Waals surface area (Å²) < 4.78 is 11.3. The molecule has 3 rings (SSSR count). The van der Waals surface area contributed by atoms with E-state index in [4.69, 9.17) is 9.47 Å². The maximum Gasteiger partial charge on any atom is 0.311 e. The Labute approximate surface area is 188 Å². The molecule has 0 N–H and O–H groups in total. The number of esters is 2. The highest BCUT2D eigenvalue weighted by Crippen LogP contribution is 2.47. The van der Waals surface area contributed by atoms with E-state index in [0.717, 1.165) is 5.56 Å². The second kappa shape index (κ2) is 9.63. The van der Waals surface area contributed by atoms with Crippen LogP contribution in [-0.2, 0) is 29.5 Å². The monoisotopic (exact) mass is 438 g/mol. The number of allylic oxidation sites excluding steroid dienone is 2. The maximum absolute atomic E-state index is 13.6. The topological polar surface area (TPSA) is 86.7 Å². The van der Waals surface area contributed by atoms with E-state index in [2.05, 4.69) is 0 Å². The fraction of sp³-hybridized carbons (Fsp3) is 0.462. The molecule has 0 saturated heterocycles. The first-order valence-electron chi connectivity index (χ1n) is 11.3. The van der Waals surface area contributed by atoms with Gasteiger partial charge in [-0.2, -0.15) is 0 Å². The molecule has 0 bridgehead atoms. The Bertz CT molecular complexity index is 979. The summed E-state index contributed by atoms with van der Waals surface area (Å²) in [4.78, 5) is 52.3. The molecule has 0 spiro atoms. The van der Waals surface area contributed by atoms with E-state index in [1.807, 2.05) is 27.7 Å². The molecule has 0 unspecified atom stereocenters. The van der Waals surface area contributed by atoms with Crippen LogP contribution in [0.5, 0.6) is 5.75 Å². The van der Waals surface area contributed by atoms with E-state index in [-0.39, 0.29) is 41.2 Å². The van der Waals surface area contributed by atoms with Crippen LogP contribution in [0.25, 0.3) is 0 Å². The molecular weight excluding hydrogens is 408 g/mol. The summed E-state index contributed by atoms with van der Waals surface area (Å²) in [5, 5.41) is 0. The molecule has 2 aliphatic carbocycles. The van der Waals surface area contributed by atoms with Crippen molar-refractivity contribution in [3.8, 4) is 5.75 Å². The lowest BCUT2D eigenvalue weighted by molar-refractivity contribution is -0.170. The molecular formula is C26H30O6. The summed E-state index contributed by atoms with van der Waals surface area (Å²) >= 11 is 0. The quantitative estimate of drug-likeness (QED) is 0.327. The molecule has 1 saturated carbocycles. The molecule has 32 heavy (non-hydrogen) atoms. The van der Waals surface area contributed by atoms with Crippen LogP contribution in [0.4, 0.5) is 0 Å². The van der Waals surface area contributed by atoms with Crippen molar-refractivity contribution < 1.29 is 28.7 Å². The molecule has 2 aliphatic rings. The average Bonchev–Trinajstić information content (AvgIpc) is 2.96. The zero-order chi connectivity index (χ0) is 23.5. The summed E-state index contributed by atoms with van der Waals surface area (Å²) in [7, 11) is 0. The van der Waals surface area contributed by atoms with E-state index < -0.39 is 29.1 Å². The SMILES string of the molecule is CCCC(=O)Oc1cc(C(C)C)ccc1C1(OC(=O)CCC)C(=O)C2=CCCC=C2C1=O. The standard InChI is InChI=1S/C26H30O6/c1-5-9-22(27)31-21-15-17(16(3)4)13-14-20(21)26(32-23(28)10-6-2)24(29)18-11-7-8-12-19(18)25(26)30/h11-16H,5-10H2,1-4H3. The van der Waals surface area contributed by atoms with Crippen molar-refractivity contribution in [2.75, 3.05) is 0 Å². The van der Waals surface area contributed by atoms with Crippen molar-refractivity contribution in [3.05, 3.63) is 52.6 Å². The first kappa shape index (κ1) is 23.6. The van der Waals surface area contributed by atoms with Crippen molar-refractivity contribution in [2.24, 2.45) is 0 Å². The second-order valence-electron chi connectivity index (χ2n) is 8.51. The smallest absolute Gasteiger partial charge is 0.311 e. The number of hydrogen-bond acceptors (Lipinski definition) is 6. The van der Waals surface area contributed by atoms with E-state index in [9.17, 15) is 19.2 Å². The van der Waals surface area contributed by atoms with E-state index in [1.54, 1.807) is 30.4 Å². The third kappa shape index (κ3) is 4.18. The Hall–Kier alpha value is -3.02. The third-order valence-corrected chi connectivity index (χ3v) is 5.73. The molecule has 1 fully saturated rings. The van der Waals surface area contributed by atoms with Crippen LogP contribution in [0.2, 0.25) is 0 Å². The highest BCUT2D eigenvalue weighted by molar-refractivity contribution is 6.35. The summed E-state index contributed by atoms with van der Waals surface area (Å²) in [5.74, 6) is -2.08.